The number of ether oxygens (including phenoxy) is 3. The summed E-state index contributed by atoms with van der Waals surface area (Å²) in [6, 6.07) is 11.7. The van der Waals surface area contributed by atoms with E-state index < -0.39 is 17.7 Å². The van der Waals surface area contributed by atoms with Gasteiger partial charge in [0.15, 0.2) is 0 Å². The standard InChI is InChI=1S/C27H33NO6/c1-6-33-21-10-7-19(8-11-21)24-23(26(30)27(31)28(24)13-14-32-5)25(29)20-9-12-22(18(4)15-20)34-16-17(2)3/h7-12,15,17,24,29H,6,13-14,16H2,1-5H3/b25-23+/t24-/m1/s1. The van der Waals surface area contributed by atoms with Crippen molar-refractivity contribution in [1.82, 2.24) is 4.90 Å². The molecule has 1 amide bonds. The number of nitrogens with zero attached hydrogens (tertiary/aromatic N) is 1. The van der Waals surface area contributed by atoms with Crippen LogP contribution in [0.3, 0.4) is 0 Å². The van der Waals surface area contributed by atoms with Crippen molar-refractivity contribution < 1.29 is 28.9 Å². The van der Waals surface area contributed by atoms with Crippen LogP contribution in [0, 0.1) is 12.8 Å². The number of rotatable bonds is 10. The van der Waals surface area contributed by atoms with Gasteiger partial charge in [0.25, 0.3) is 11.7 Å². The number of hydrogen-bond acceptors (Lipinski definition) is 6. The Morgan fingerprint density at radius 1 is 1.09 bits per heavy atom. The average molecular weight is 468 g/mol. The first-order chi connectivity index (χ1) is 16.3. The van der Waals surface area contributed by atoms with Gasteiger partial charge in [0.05, 0.1) is 31.4 Å². The molecule has 1 aliphatic rings. The van der Waals surface area contributed by atoms with Crippen LogP contribution in [0.25, 0.3) is 5.76 Å². The van der Waals surface area contributed by atoms with Gasteiger partial charge in [0.1, 0.15) is 17.3 Å². The van der Waals surface area contributed by atoms with E-state index in [1.807, 2.05) is 26.0 Å². The van der Waals surface area contributed by atoms with Gasteiger partial charge in [-0.15, -0.1) is 0 Å². The SMILES string of the molecule is CCOc1ccc([C@@H]2/C(=C(\O)c3ccc(OCC(C)C)c(C)c3)C(=O)C(=O)N2CCOC)cc1. The summed E-state index contributed by atoms with van der Waals surface area (Å²) in [5.41, 5.74) is 2.04. The van der Waals surface area contributed by atoms with Crippen LogP contribution in [0.5, 0.6) is 11.5 Å². The van der Waals surface area contributed by atoms with Crippen LogP contribution in [0.4, 0.5) is 0 Å². The van der Waals surface area contributed by atoms with Crippen molar-refractivity contribution in [1.29, 1.82) is 0 Å². The first-order valence-electron chi connectivity index (χ1n) is 11.5. The third-order valence-electron chi connectivity index (χ3n) is 5.60. The topological polar surface area (TPSA) is 85.3 Å². The zero-order chi connectivity index (χ0) is 24.8. The number of amides is 1. The highest BCUT2D eigenvalue weighted by Gasteiger charge is 2.45. The maximum absolute atomic E-state index is 13.1. The van der Waals surface area contributed by atoms with Crippen molar-refractivity contribution in [2.45, 2.75) is 33.7 Å². The minimum absolute atomic E-state index is 0.0560. The second-order valence-corrected chi connectivity index (χ2v) is 8.67. The highest BCUT2D eigenvalue weighted by molar-refractivity contribution is 6.46. The molecule has 0 radical (unpaired) electrons. The lowest BCUT2D eigenvalue weighted by atomic mass is 9.94. The van der Waals surface area contributed by atoms with Gasteiger partial charge < -0.3 is 24.2 Å². The van der Waals surface area contributed by atoms with E-state index in [2.05, 4.69) is 13.8 Å². The van der Waals surface area contributed by atoms with Crippen LogP contribution >= 0.6 is 0 Å². The molecule has 0 aliphatic carbocycles. The van der Waals surface area contributed by atoms with E-state index in [9.17, 15) is 14.7 Å². The van der Waals surface area contributed by atoms with E-state index in [1.54, 1.807) is 30.3 Å². The third kappa shape index (κ3) is 5.42. The van der Waals surface area contributed by atoms with Gasteiger partial charge in [-0.3, -0.25) is 9.59 Å². The average Bonchev–Trinajstić information content (AvgIpc) is 3.06. The normalized spacial score (nSPS) is 17.5. The second kappa shape index (κ2) is 11.2. The number of aryl methyl sites for hydroxylation is 1. The Morgan fingerprint density at radius 3 is 2.38 bits per heavy atom. The summed E-state index contributed by atoms with van der Waals surface area (Å²) < 4.78 is 16.5. The van der Waals surface area contributed by atoms with Crippen molar-refractivity contribution >= 4 is 17.4 Å². The molecule has 2 aromatic carbocycles. The number of carbonyl (C=O) groups is 2. The number of hydrogen-bond donors (Lipinski definition) is 1. The molecule has 0 bridgehead atoms. The van der Waals surface area contributed by atoms with Crippen LogP contribution in [0.15, 0.2) is 48.0 Å². The highest BCUT2D eigenvalue weighted by atomic mass is 16.5. The van der Waals surface area contributed by atoms with Crippen LogP contribution in [-0.2, 0) is 14.3 Å². The Labute approximate surface area is 200 Å². The Hall–Kier alpha value is -3.32. The van der Waals surface area contributed by atoms with Gasteiger partial charge >= 0.3 is 0 Å². The predicted octanol–water partition coefficient (Wildman–Crippen LogP) is 4.50. The molecule has 182 valence electrons. The molecule has 1 heterocycles. The van der Waals surface area contributed by atoms with Gasteiger partial charge in [-0.25, -0.2) is 0 Å². The number of aliphatic hydroxyl groups is 1. The molecule has 7 nitrogen and oxygen atoms in total. The monoisotopic (exact) mass is 467 g/mol. The van der Waals surface area contributed by atoms with Gasteiger partial charge in [-0.05, 0) is 61.2 Å². The largest absolute Gasteiger partial charge is 0.507 e. The molecular formula is C27H33NO6. The Morgan fingerprint density at radius 2 is 1.79 bits per heavy atom. The van der Waals surface area contributed by atoms with Gasteiger partial charge in [-0.1, -0.05) is 26.0 Å². The molecule has 0 spiro atoms. The zero-order valence-electron chi connectivity index (χ0n) is 20.5. The van der Waals surface area contributed by atoms with E-state index in [0.29, 0.717) is 41.8 Å². The predicted molar refractivity (Wildman–Crippen MR) is 130 cm³/mol. The minimum Gasteiger partial charge on any atom is -0.507 e. The molecule has 0 unspecified atom stereocenters. The summed E-state index contributed by atoms with van der Waals surface area (Å²) in [4.78, 5) is 27.4. The quantitative estimate of drug-likeness (QED) is 0.315. The highest BCUT2D eigenvalue weighted by Crippen LogP contribution is 2.40. The minimum atomic E-state index is -0.733. The lowest BCUT2D eigenvalue weighted by molar-refractivity contribution is -0.140. The van der Waals surface area contributed by atoms with Crippen molar-refractivity contribution in [2.24, 2.45) is 5.92 Å². The second-order valence-electron chi connectivity index (χ2n) is 8.67. The fourth-order valence-corrected chi connectivity index (χ4v) is 3.93. The van der Waals surface area contributed by atoms with Crippen molar-refractivity contribution in [3.05, 3.63) is 64.7 Å². The van der Waals surface area contributed by atoms with Crippen molar-refractivity contribution in [2.75, 3.05) is 33.5 Å². The van der Waals surface area contributed by atoms with Gasteiger partial charge in [0, 0.05) is 19.2 Å². The van der Waals surface area contributed by atoms with E-state index in [-0.39, 0.29) is 24.5 Å². The molecule has 1 atom stereocenters. The fraction of sp³-hybridized carbons (Fsp3) is 0.407. The Kier molecular flexibility index (Phi) is 8.34. The molecule has 7 heteroatoms. The summed E-state index contributed by atoms with van der Waals surface area (Å²) in [6.45, 7) is 9.51. The molecule has 1 N–H and O–H groups in total. The van der Waals surface area contributed by atoms with Gasteiger partial charge in [-0.2, -0.15) is 0 Å². The molecule has 0 aromatic heterocycles. The molecule has 3 rings (SSSR count). The summed E-state index contributed by atoms with van der Waals surface area (Å²) in [5, 5.41) is 11.2. The smallest absolute Gasteiger partial charge is 0.295 e. The Bertz CT molecular complexity index is 1060. The molecule has 1 saturated heterocycles. The van der Waals surface area contributed by atoms with Crippen LogP contribution in [0.2, 0.25) is 0 Å². The first-order valence-corrected chi connectivity index (χ1v) is 11.5. The maximum atomic E-state index is 13.1. The van der Waals surface area contributed by atoms with Gasteiger partial charge in [0.2, 0.25) is 0 Å². The molecular weight excluding hydrogens is 434 g/mol. The lowest BCUT2D eigenvalue weighted by Crippen LogP contribution is -2.32. The first kappa shape index (κ1) is 25.3. The van der Waals surface area contributed by atoms with Crippen LogP contribution in [0.1, 0.15) is 43.5 Å². The van der Waals surface area contributed by atoms with E-state index in [4.69, 9.17) is 14.2 Å². The summed E-state index contributed by atoms with van der Waals surface area (Å²) in [6.07, 6.45) is 0. The fourth-order valence-electron chi connectivity index (χ4n) is 3.93. The number of aliphatic hydroxyl groups excluding tert-OH is 1. The van der Waals surface area contributed by atoms with E-state index in [0.717, 1.165) is 5.56 Å². The maximum Gasteiger partial charge on any atom is 0.295 e. The number of Topliss-reactive ketones (excluding diaryl/α,β-unsaturated/α-hetero) is 1. The number of methoxy groups -OCH3 is 1. The van der Waals surface area contributed by atoms with E-state index >= 15 is 0 Å². The molecule has 34 heavy (non-hydrogen) atoms. The molecule has 1 fully saturated rings. The summed E-state index contributed by atoms with van der Waals surface area (Å²) in [5.74, 6) is 0.193. The number of ketones is 1. The lowest BCUT2D eigenvalue weighted by Gasteiger charge is -2.25. The number of likely N-dealkylation sites (tertiary alicyclic amines) is 1. The number of carbonyl (C=O) groups excluding carboxylic acids is 2. The third-order valence-corrected chi connectivity index (χ3v) is 5.60. The van der Waals surface area contributed by atoms with Crippen LogP contribution in [-0.4, -0.2) is 55.2 Å². The number of benzene rings is 2. The Balaban J connectivity index is 2.05. The molecule has 1 aliphatic heterocycles. The van der Waals surface area contributed by atoms with E-state index in [1.165, 1.54) is 12.0 Å². The summed E-state index contributed by atoms with van der Waals surface area (Å²) >= 11 is 0. The molecule has 2 aromatic rings. The van der Waals surface area contributed by atoms with Crippen molar-refractivity contribution in [3.63, 3.8) is 0 Å². The van der Waals surface area contributed by atoms with Crippen molar-refractivity contribution in [3.8, 4) is 11.5 Å². The molecule has 0 saturated carbocycles. The zero-order valence-corrected chi connectivity index (χ0v) is 20.5. The van der Waals surface area contributed by atoms with Crippen LogP contribution < -0.4 is 9.47 Å². The summed E-state index contributed by atoms with van der Waals surface area (Å²) in [7, 11) is 1.54.